The second-order valence-electron chi connectivity index (χ2n) is 15.2. The smallest absolute Gasteiger partial charge is 0.330 e. The third-order valence-corrected chi connectivity index (χ3v) is 11.2. The van der Waals surface area contributed by atoms with Crippen LogP contribution in [0.25, 0.3) is 97.0 Å². The molecule has 0 saturated carbocycles. The Kier molecular flexibility index (Phi) is 11.1. The van der Waals surface area contributed by atoms with Crippen LogP contribution in [-0.4, -0.2) is 46.2 Å². The van der Waals surface area contributed by atoms with Gasteiger partial charge in [0.15, 0.2) is 0 Å². The largest absolute Gasteiger partial charge is 0.497 e. The molecule has 2 aliphatic heterocycles. The first-order chi connectivity index (χ1) is 31.6. The van der Waals surface area contributed by atoms with Crippen molar-refractivity contribution >= 4 is 58.4 Å². The van der Waals surface area contributed by atoms with Crippen LogP contribution in [0.4, 0.5) is 0 Å². The van der Waals surface area contributed by atoms with Crippen LogP contribution in [0.15, 0.2) is 170 Å². The van der Waals surface area contributed by atoms with Crippen molar-refractivity contribution in [1.82, 2.24) is 19.9 Å². The summed E-state index contributed by atoms with van der Waals surface area (Å²) in [6.45, 7) is 0.301. The fourth-order valence-electron chi connectivity index (χ4n) is 8.18. The average molecular weight is 835 g/mol. The zero-order valence-corrected chi connectivity index (χ0v) is 35.0. The Balaban J connectivity index is 1.08. The highest BCUT2D eigenvalue weighted by Gasteiger charge is 2.19. The molecule has 2 N–H and O–H groups in total. The van der Waals surface area contributed by atoms with Crippen molar-refractivity contribution in [3.63, 3.8) is 0 Å². The predicted octanol–water partition coefficient (Wildman–Crippen LogP) is 13.0. The van der Waals surface area contributed by atoms with E-state index >= 15 is 0 Å². The van der Waals surface area contributed by atoms with Gasteiger partial charge >= 0.3 is 5.97 Å². The molecule has 64 heavy (non-hydrogen) atoms. The number of carbonyl (C=O) groups is 1. The third-order valence-electron chi connectivity index (χ3n) is 11.2. The van der Waals surface area contributed by atoms with Gasteiger partial charge in [-0.05, 0) is 107 Å². The minimum atomic E-state index is -0.444. The Bertz CT molecular complexity index is 3200. The van der Waals surface area contributed by atoms with E-state index in [0.29, 0.717) is 5.75 Å². The van der Waals surface area contributed by atoms with Crippen LogP contribution in [0.2, 0.25) is 0 Å². The summed E-state index contributed by atoms with van der Waals surface area (Å²) >= 11 is 0. The van der Waals surface area contributed by atoms with E-state index in [4.69, 9.17) is 24.2 Å². The number of carbonyl (C=O) groups excluding carboxylic acids is 1. The Hall–Kier alpha value is -8.49. The van der Waals surface area contributed by atoms with Gasteiger partial charge in [-0.1, -0.05) is 115 Å². The Morgan fingerprint density at radius 2 is 0.859 bits per heavy atom. The van der Waals surface area contributed by atoms with Gasteiger partial charge < -0.3 is 24.2 Å². The molecule has 8 heteroatoms. The SMILES string of the molecule is COc1ccc(C=CC(=O)OCCOc2ccc(-c3c4nc(c(-c5ccccc5)c5ccc([nH]5)c(-c5ccccc5)c5nc(c(-c6ccccc6)c6ccc3[nH]6)C=C5)C=C4)cc2)cc1. The molecule has 0 atom stereocenters. The molecule has 2 aliphatic rings. The number of rotatable bonds is 11. The van der Waals surface area contributed by atoms with E-state index in [2.05, 4.69) is 131 Å². The predicted molar refractivity (Wildman–Crippen MR) is 259 cm³/mol. The van der Waals surface area contributed by atoms with Gasteiger partial charge in [0.1, 0.15) is 24.7 Å². The van der Waals surface area contributed by atoms with Gasteiger partial charge in [-0.2, -0.15) is 0 Å². The molecule has 5 heterocycles. The molecule has 0 fully saturated rings. The second kappa shape index (κ2) is 17.8. The molecule has 310 valence electrons. The summed E-state index contributed by atoms with van der Waals surface area (Å²) in [6.07, 6.45) is 11.5. The van der Waals surface area contributed by atoms with E-state index in [-0.39, 0.29) is 13.2 Å². The van der Waals surface area contributed by atoms with E-state index in [1.54, 1.807) is 13.2 Å². The van der Waals surface area contributed by atoms with Crippen molar-refractivity contribution in [3.8, 4) is 56.0 Å². The maximum Gasteiger partial charge on any atom is 0.330 e. The Morgan fingerprint density at radius 1 is 0.469 bits per heavy atom. The molecule has 8 nitrogen and oxygen atoms in total. The van der Waals surface area contributed by atoms with E-state index < -0.39 is 5.97 Å². The molecule has 8 bridgehead atoms. The maximum absolute atomic E-state index is 12.4. The quantitative estimate of drug-likeness (QED) is 0.0764. The topological polar surface area (TPSA) is 102 Å². The molecule has 0 aliphatic carbocycles. The normalized spacial score (nSPS) is 11.8. The van der Waals surface area contributed by atoms with Crippen molar-refractivity contribution in [1.29, 1.82) is 0 Å². The van der Waals surface area contributed by atoms with E-state index in [1.807, 2.05) is 66.7 Å². The third kappa shape index (κ3) is 8.28. The molecule has 0 saturated heterocycles. The van der Waals surface area contributed by atoms with Gasteiger partial charge in [0.25, 0.3) is 0 Å². The summed E-state index contributed by atoms with van der Waals surface area (Å²) in [4.78, 5) is 30.8. The van der Waals surface area contributed by atoms with Gasteiger partial charge in [0, 0.05) is 50.4 Å². The zero-order chi connectivity index (χ0) is 43.2. The number of nitrogens with zero attached hydrogens (tertiary/aromatic N) is 2. The van der Waals surface area contributed by atoms with E-state index in [0.717, 1.165) is 101 Å². The summed E-state index contributed by atoms with van der Waals surface area (Å²) in [5.74, 6) is 0.957. The lowest BCUT2D eigenvalue weighted by atomic mass is 10.0. The maximum atomic E-state index is 12.4. The highest BCUT2D eigenvalue weighted by Crippen LogP contribution is 2.38. The number of nitrogens with one attached hydrogen (secondary N) is 2. The monoisotopic (exact) mass is 834 g/mol. The van der Waals surface area contributed by atoms with Crippen LogP contribution in [0.5, 0.6) is 11.5 Å². The van der Waals surface area contributed by atoms with Crippen LogP contribution < -0.4 is 9.47 Å². The number of H-pyrrole nitrogens is 2. The van der Waals surface area contributed by atoms with E-state index in [1.165, 1.54) is 6.08 Å². The highest BCUT2D eigenvalue weighted by molar-refractivity contribution is 6.00. The van der Waals surface area contributed by atoms with Gasteiger partial charge in [-0.15, -0.1) is 0 Å². The molecule has 3 aromatic heterocycles. The van der Waals surface area contributed by atoms with Crippen molar-refractivity contribution in [3.05, 3.63) is 198 Å². The number of hydrogen-bond acceptors (Lipinski definition) is 6. The molecule has 5 aromatic carbocycles. The summed E-state index contributed by atoms with van der Waals surface area (Å²) in [6, 6.07) is 55.1. The molecule has 0 radical (unpaired) electrons. The first kappa shape index (κ1) is 39.6. The molecule has 8 aromatic rings. The molecular formula is C56H42N4O4. The number of methoxy groups -OCH3 is 1. The number of ether oxygens (including phenoxy) is 3. The number of aromatic amines is 2. The highest BCUT2D eigenvalue weighted by atomic mass is 16.6. The molecule has 10 rings (SSSR count). The number of esters is 1. The Morgan fingerprint density at radius 3 is 1.27 bits per heavy atom. The van der Waals surface area contributed by atoms with Gasteiger partial charge in [0.2, 0.25) is 0 Å². The minimum absolute atomic E-state index is 0.102. The summed E-state index contributed by atoms with van der Waals surface area (Å²) < 4.78 is 16.6. The number of hydrogen-bond donors (Lipinski definition) is 2. The first-order valence-electron chi connectivity index (χ1n) is 21.1. The van der Waals surface area contributed by atoms with Crippen LogP contribution in [-0.2, 0) is 9.53 Å². The van der Waals surface area contributed by atoms with Crippen molar-refractivity contribution in [2.45, 2.75) is 0 Å². The van der Waals surface area contributed by atoms with Crippen molar-refractivity contribution in [2.24, 2.45) is 0 Å². The van der Waals surface area contributed by atoms with Crippen LogP contribution >= 0.6 is 0 Å². The van der Waals surface area contributed by atoms with Gasteiger partial charge in [-0.25, -0.2) is 14.8 Å². The molecule has 0 unspecified atom stereocenters. The van der Waals surface area contributed by atoms with E-state index in [9.17, 15) is 4.79 Å². The average Bonchev–Trinajstić information content (AvgIpc) is 4.20. The van der Waals surface area contributed by atoms with Crippen molar-refractivity contribution < 1.29 is 19.0 Å². The number of fused-ring (bicyclic) bond motifs is 8. The molecule has 0 spiro atoms. The van der Waals surface area contributed by atoms with Crippen LogP contribution in [0, 0.1) is 0 Å². The molecule has 0 amide bonds. The minimum Gasteiger partial charge on any atom is -0.497 e. The molecular weight excluding hydrogens is 793 g/mol. The fraction of sp³-hybridized carbons (Fsp3) is 0.0536. The summed E-state index contributed by atoms with van der Waals surface area (Å²) in [5.41, 5.74) is 16.0. The number of aromatic nitrogens is 4. The summed E-state index contributed by atoms with van der Waals surface area (Å²) in [7, 11) is 1.62. The van der Waals surface area contributed by atoms with Crippen LogP contribution in [0.3, 0.4) is 0 Å². The zero-order valence-electron chi connectivity index (χ0n) is 35.0. The second-order valence-corrected chi connectivity index (χ2v) is 15.2. The van der Waals surface area contributed by atoms with Crippen LogP contribution in [0.1, 0.15) is 28.3 Å². The van der Waals surface area contributed by atoms with Gasteiger partial charge in [0.05, 0.1) is 29.9 Å². The first-order valence-corrected chi connectivity index (χ1v) is 21.1. The lowest BCUT2D eigenvalue weighted by Crippen LogP contribution is -2.10. The Labute approximate surface area is 370 Å². The lowest BCUT2D eigenvalue weighted by Gasteiger charge is -2.09. The standard InChI is InChI=1S/C56H42N4O4/c1-62-42-22-17-37(18-23-42)19-34-52(61)64-36-35-63-43-24-20-41(21-25-43)56-50-32-30-48(59-50)54(39-13-7-3-8-14-39)46-28-26-44(57-46)53(38-11-5-2-6-12-38)45-27-29-47(58-45)55(40-15-9-4-10-16-40)49-31-33-51(56)60-49/h2-34,57,60H,35-36H2,1H3. The fourth-order valence-corrected chi connectivity index (χ4v) is 8.18. The van der Waals surface area contributed by atoms with Crippen molar-refractivity contribution in [2.75, 3.05) is 20.3 Å². The summed E-state index contributed by atoms with van der Waals surface area (Å²) in [5, 5.41) is 0. The number of benzene rings is 5. The van der Waals surface area contributed by atoms with Gasteiger partial charge in [-0.3, -0.25) is 0 Å². The lowest BCUT2D eigenvalue weighted by molar-refractivity contribution is -0.138.